The van der Waals surface area contributed by atoms with Gasteiger partial charge >= 0.3 is 0 Å². The molecule has 0 saturated heterocycles. The van der Waals surface area contributed by atoms with E-state index >= 15 is 0 Å². The number of amides is 1. The van der Waals surface area contributed by atoms with Crippen LogP contribution in [0, 0.1) is 0 Å². The van der Waals surface area contributed by atoms with Crippen molar-refractivity contribution in [1.82, 2.24) is 9.88 Å². The Labute approximate surface area is 89.2 Å². The molecule has 5 heteroatoms. The molecule has 1 heterocycles. The standard InChI is InChI=1S/C10H17N3O2/c1-13-4-2-9(7-13)6-12-10(14)8-15-5-3-11/h2,4,7H,3,5-6,8,11H2,1H3,(H,12,14). The summed E-state index contributed by atoms with van der Waals surface area (Å²) < 4.78 is 6.93. The third-order valence-corrected chi connectivity index (χ3v) is 1.88. The van der Waals surface area contributed by atoms with Gasteiger partial charge in [-0.3, -0.25) is 4.79 Å². The van der Waals surface area contributed by atoms with Gasteiger partial charge in [0, 0.05) is 32.5 Å². The third kappa shape index (κ3) is 4.62. The van der Waals surface area contributed by atoms with E-state index in [2.05, 4.69) is 5.32 Å². The molecule has 84 valence electrons. The van der Waals surface area contributed by atoms with Crippen molar-refractivity contribution in [1.29, 1.82) is 0 Å². The molecular weight excluding hydrogens is 194 g/mol. The fourth-order valence-corrected chi connectivity index (χ4v) is 1.17. The van der Waals surface area contributed by atoms with Gasteiger partial charge in [-0.05, 0) is 11.6 Å². The molecule has 5 nitrogen and oxygen atoms in total. The van der Waals surface area contributed by atoms with E-state index in [-0.39, 0.29) is 12.5 Å². The first kappa shape index (κ1) is 11.7. The van der Waals surface area contributed by atoms with Crippen molar-refractivity contribution in [2.24, 2.45) is 12.8 Å². The molecule has 1 aromatic heterocycles. The van der Waals surface area contributed by atoms with Crippen LogP contribution >= 0.6 is 0 Å². The molecule has 1 aromatic rings. The van der Waals surface area contributed by atoms with E-state index in [1.807, 2.05) is 30.1 Å². The highest BCUT2D eigenvalue weighted by atomic mass is 16.5. The maximum atomic E-state index is 11.2. The van der Waals surface area contributed by atoms with Gasteiger partial charge in [0.2, 0.25) is 5.91 Å². The lowest BCUT2D eigenvalue weighted by Gasteiger charge is -2.04. The lowest BCUT2D eigenvalue weighted by molar-refractivity contribution is -0.125. The van der Waals surface area contributed by atoms with E-state index in [4.69, 9.17) is 10.5 Å². The molecule has 0 bridgehead atoms. The van der Waals surface area contributed by atoms with Crippen molar-refractivity contribution < 1.29 is 9.53 Å². The molecule has 15 heavy (non-hydrogen) atoms. The minimum atomic E-state index is -0.118. The summed E-state index contributed by atoms with van der Waals surface area (Å²) in [5.74, 6) is -0.118. The molecule has 0 atom stereocenters. The Balaban J connectivity index is 2.16. The summed E-state index contributed by atoms with van der Waals surface area (Å²) in [5, 5.41) is 2.75. The van der Waals surface area contributed by atoms with Gasteiger partial charge in [0.25, 0.3) is 0 Å². The van der Waals surface area contributed by atoms with Crippen LogP contribution in [0.2, 0.25) is 0 Å². The predicted octanol–water partition coefficient (Wildman–Crippen LogP) is -0.383. The number of hydrogen-bond acceptors (Lipinski definition) is 3. The fraction of sp³-hybridized carbons (Fsp3) is 0.500. The Morgan fingerprint density at radius 2 is 2.47 bits per heavy atom. The van der Waals surface area contributed by atoms with Gasteiger partial charge in [0.15, 0.2) is 0 Å². The molecule has 0 aromatic carbocycles. The molecule has 1 amide bonds. The summed E-state index contributed by atoms with van der Waals surface area (Å²) >= 11 is 0. The number of aromatic nitrogens is 1. The molecule has 0 aliphatic carbocycles. The average molecular weight is 211 g/mol. The SMILES string of the molecule is Cn1ccc(CNC(=O)COCCN)c1. The maximum Gasteiger partial charge on any atom is 0.246 e. The second kappa shape index (κ2) is 6.21. The number of carbonyl (C=O) groups is 1. The van der Waals surface area contributed by atoms with Crippen LogP contribution in [0.25, 0.3) is 0 Å². The van der Waals surface area contributed by atoms with Gasteiger partial charge in [0.1, 0.15) is 6.61 Å². The quantitative estimate of drug-likeness (QED) is 0.630. The first-order chi connectivity index (χ1) is 7.22. The highest BCUT2D eigenvalue weighted by molar-refractivity contribution is 5.77. The van der Waals surface area contributed by atoms with Crippen LogP contribution in [-0.4, -0.2) is 30.2 Å². The zero-order chi connectivity index (χ0) is 11.1. The van der Waals surface area contributed by atoms with Crippen LogP contribution in [0.5, 0.6) is 0 Å². The van der Waals surface area contributed by atoms with Gasteiger partial charge in [-0.15, -0.1) is 0 Å². The number of aryl methyl sites for hydroxylation is 1. The molecule has 0 aliphatic heterocycles. The van der Waals surface area contributed by atoms with Gasteiger partial charge in [-0.25, -0.2) is 0 Å². The predicted molar refractivity (Wildman–Crippen MR) is 57.1 cm³/mol. The number of nitrogens with two attached hydrogens (primary N) is 1. The highest BCUT2D eigenvalue weighted by Crippen LogP contribution is 1.97. The van der Waals surface area contributed by atoms with Gasteiger partial charge in [-0.1, -0.05) is 0 Å². The van der Waals surface area contributed by atoms with E-state index in [0.29, 0.717) is 19.7 Å². The van der Waals surface area contributed by atoms with Crippen LogP contribution in [0.15, 0.2) is 18.5 Å². The number of ether oxygens (including phenoxy) is 1. The molecule has 0 fully saturated rings. The lowest BCUT2D eigenvalue weighted by Crippen LogP contribution is -2.27. The van der Waals surface area contributed by atoms with E-state index in [1.165, 1.54) is 0 Å². The topological polar surface area (TPSA) is 69.3 Å². The van der Waals surface area contributed by atoms with Crippen LogP contribution in [0.3, 0.4) is 0 Å². The van der Waals surface area contributed by atoms with Gasteiger partial charge < -0.3 is 20.4 Å². The summed E-state index contributed by atoms with van der Waals surface area (Å²) in [6.45, 7) is 1.46. The summed E-state index contributed by atoms with van der Waals surface area (Å²) in [5.41, 5.74) is 6.30. The summed E-state index contributed by atoms with van der Waals surface area (Å²) in [7, 11) is 1.94. The molecular formula is C10H17N3O2. The molecule has 0 spiro atoms. The Morgan fingerprint density at radius 1 is 1.67 bits per heavy atom. The highest BCUT2D eigenvalue weighted by Gasteiger charge is 2.01. The number of carbonyl (C=O) groups excluding carboxylic acids is 1. The minimum absolute atomic E-state index is 0.0734. The van der Waals surface area contributed by atoms with Crippen molar-refractivity contribution >= 4 is 5.91 Å². The van der Waals surface area contributed by atoms with Crippen molar-refractivity contribution in [3.63, 3.8) is 0 Å². The number of hydrogen-bond donors (Lipinski definition) is 2. The maximum absolute atomic E-state index is 11.2. The molecule has 0 saturated carbocycles. The lowest BCUT2D eigenvalue weighted by atomic mass is 10.3. The normalized spacial score (nSPS) is 10.3. The number of nitrogens with one attached hydrogen (secondary N) is 1. The van der Waals surface area contributed by atoms with E-state index in [9.17, 15) is 4.79 Å². The first-order valence-corrected chi connectivity index (χ1v) is 4.87. The minimum Gasteiger partial charge on any atom is -0.370 e. The van der Waals surface area contributed by atoms with E-state index in [1.54, 1.807) is 0 Å². The van der Waals surface area contributed by atoms with Gasteiger partial charge in [0.05, 0.1) is 6.61 Å². The smallest absolute Gasteiger partial charge is 0.246 e. The second-order valence-corrected chi connectivity index (χ2v) is 3.30. The first-order valence-electron chi connectivity index (χ1n) is 4.87. The molecule has 0 radical (unpaired) electrons. The molecule has 0 unspecified atom stereocenters. The summed E-state index contributed by atoms with van der Waals surface area (Å²) in [4.78, 5) is 11.2. The van der Waals surface area contributed by atoms with Crippen molar-refractivity contribution in [3.05, 3.63) is 24.0 Å². The molecule has 1 rings (SSSR count). The van der Waals surface area contributed by atoms with E-state index in [0.717, 1.165) is 5.56 Å². The van der Waals surface area contributed by atoms with Crippen LogP contribution in [0.4, 0.5) is 0 Å². The average Bonchev–Trinajstić information content (AvgIpc) is 2.62. The monoisotopic (exact) mass is 211 g/mol. The third-order valence-electron chi connectivity index (χ3n) is 1.88. The number of rotatable bonds is 6. The zero-order valence-electron chi connectivity index (χ0n) is 8.90. The Kier molecular flexibility index (Phi) is 4.86. The molecule has 3 N–H and O–H groups in total. The summed E-state index contributed by atoms with van der Waals surface area (Å²) in [6.07, 6.45) is 3.90. The summed E-state index contributed by atoms with van der Waals surface area (Å²) in [6, 6.07) is 1.96. The second-order valence-electron chi connectivity index (χ2n) is 3.30. The van der Waals surface area contributed by atoms with Crippen molar-refractivity contribution in [2.75, 3.05) is 19.8 Å². The van der Waals surface area contributed by atoms with Crippen LogP contribution in [0.1, 0.15) is 5.56 Å². The van der Waals surface area contributed by atoms with Crippen molar-refractivity contribution in [2.45, 2.75) is 6.54 Å². The Bertz CT molecular complexity index is 309. The van der Waals surface area contributed by atoms with Crippen LogP contribution in [-0.2, 0) is 23.1 Å². The fourth-order valence-electron chi connectivity index (χ4n) is 1.17. The van der Waals surface area contributed by atoms with Crippen LogP contribution < -0.4 is 11.1 Å². The molecule has 0 aliphatic rings. The Morgan fingerprint density at radius 3 is 3.07 bits per heavy atom. The zero-order valence-corrected chi connectivity index (χ0v) is 8.90. The number of nitrogens with zero attached hydrogens (tertiary/aromatic N) is 1. The van der Waals surface area contributed by atoms with Crippen molar-refractivity contribution in [3.8, 4) is 0 Å². The van der Waals surface area contributed by atoms with E-state index < -0.39 is 0 Å². The Hall–Kier alpha value is -1.33. The van der Waals surface area contributed by atoms with Gasteiger partial charge in [-0.2, -0.15) is 0 Å². The largest absolute Gasteiger partial charge is 0.370 e.